The van der Waals surface area contributed by atoms with E-state index in [1.165, 1.54) is 48.0 Å². The number of methoxy groups -OCH3 is 1. The molecule has 0 N–H and O–H groups in total. The molecule has 18 heavy (non-hydrogen) atoms. The van der Waals surface area contributed by atoms with Gasteiger partial charge in [0.05, 0.1) is 7.11 Å². The molecule has 2 saturated carbocycles. The molecule has 0 bridgehead atoms. The van der Waals surface area contributed by atoms with E-state index in [0.29, 0.717) is 11.8 Å². The van der Waals surface area contributed by atoms with Gasteiger partial charge in [0.25, 0.3) is 0 Å². The van der Waals surface area contributed by atoms with E-state index in [1.54, 1.807) is 7.11 Å². The molecule has 0 heterocycles. The van der Waals surface area contributed by atoms with E-state index in [9.17, 15) is 0 Å². The minimum Gasteiger partial charge on any atom is -0.495 e. The van der Waals surface area contributed by atoms with Gasteiger partial charge in [-0.2, -0.15) is 0 Å². The molecule has 0 radical (unpaired) electrons. The summed E-state index contributed by atoms with van der Waals surface area (Å²) in [5.41, 5.74) is 4.83. The van der Waals surface area contributed by atoms with Crippen molar-refractivity contribution in [2.24, 2.45) is 11.8 Å². The van der Waals surface area contributed by atoms with Crippen LogP contribution in [0.3, 0.4) is 0 Å². The molecule has 2 aliphatic rings. The van der Waals surface area contributed by atoms with Gasteiger partial charge >= 0.3 is 0 Å². The minimum atomic E-state index is 0.670. The van der Waals surface area contributed by atoms with Crippen LogP contribution in [0.4, 0.5) is 0 Å². The summed E-state index contributed by atoms with van der Waals surface area (Å²) < 4.78 is 5.65. The largest absolute Gasteiger partial charge is 0.495 e. The van der Waals surface area contributed by atoms with Gasteiger partial charge in [0, 0.05) is 11.1 Å². The highest BCUT2D eigenvalue weighted by atomic mass is 16.5. The highest BCUT2D eigenvalue weighted by Gasteiger charge is 2.30. The second-order valence-corrected chi connectivity index (χ2v) is 5.49. The van der Waals surface area contributed by atoms with E-state index in [2.05, 4.69) is 31.4 Å². The van der Waals surface area contributed by atoms with Crippen LogP contribution in [0.5, 0.6) is 5.75 Å². The first-order valence-electron chi connectivity index (χ1n) is 6.77. The molecule has 1 heteroatoms. The van der Waals surface area contributed by atoms with Crippen molar-refractivity contribution in [1.29, 1.82) is 0 Å². The highest BCUT2D eigenvalue weighted by molar-refractivity contribution is 5.80. The topological polar surface area (TPSA) is 9.23 Å². The summed E-state index contributed by atoms with van der Waals surface area (Å²) in [6, 6.07) is 6.36. The normalized spacial score (nSPS) is 18.5. The number of ether oxygens (including phenoxy) is 1. The summed E-state index contributed by atoms with van der Waals surface area (Å²) in [5.74, 6) is 2.32. The zero-order valence-electron chi connectivity index (χ0n) is 11.0. The predicted octanol–water partition coefficient (Wildman–Crippen LogP) is 4.54. The molecule has 0 atom stereocenters. The molecule has 0 saturated heterocycles. The van der Waals surface area contributed by atoms with Crippen LogP contribution in [0.25, 0.3) is 11.1 Å². The van der Waals surface area contributed by atoms with E-state index in [-0.39, 0.29) is 0 Å². The molecule has 94 valence electrons. The monoisotopic (exact) mass is 240 g/mol. The van der Waals surface area contributed by atoms with Gasteiger partial charge in [-0.3, -0.25) is 0 Å². The molecule has 0 aliphatic heterocycles. The van der Waals surface area contributed by atoms with Gasteiger partial charge in [-0.05, 0) is 48.7 Å². The Morgan fingerprint density at radius 3 is 1.78 bits per heavy atom. The fourth-order valence-corrected chi connectivity index (χ4v) is 2.57. The third-order valence-electron chi connectivity index (χ3n) is 4.05. The molecule has 0 unspecified atom stereocenters. The lowest BCUT2D eigenvalue weighted by atomic mass is 9.94. The number of rotatable bonds is 5. The van der Waals surface area contributed by atoms with E-state index >= 15 is 0 Å². The van der Waals surface area contributed by atoms with Crippen molar-refractivity contribution >= 4 is 11.1 Å². The van der Waals surface area contributed by atoms with Crippen molar-refractivity contribution in [1.82, 2.24) is 0 Å². The smallest absolute Gasteiger partial charge is 0.133 e. The van der Waals surface area contributed by atoms with Gasteiger partial charge in [-0.15, -0.1) is 0 Å². The van der Waals surface area contributed by atoms with E-state index in [0.717, 1.165) is 5.75 Å². The predicted molar refractivity (Wildman–Crippen MR) is 76.5 cm³/mol. The first-order valence-corrected chi connectivity index (χ1v) is 6.77. The Morgan fingerprint density at radius 2 is 1.44 bits per heavy atom. The number of hydrogen-bond donors (Lipinski definition) is 0. The van der Waals surface area contributed by atoms with Crippen LogP contribution in [0.15, 0.2) is 31.4 Å². The number of allylic oxidation sites excluding steroid dienone is 2. The Labute approximate surface area is 109 Å². The third kappa shape index (κ3) is 1.98. The van der Waals surface area contributed by atoms with Crippen LogP contribution in [-0.4, -0.2) is 7.11 Å². The highest BCUT2D eigenvalue weighted by Crippen LogP contribution is 2.48. The van der Waals surface area contributed by atoms with Crippen molar-refractivity contribution in [2.45, 2.75) is 25.7 Å². The first kappa shape index (κ1) is 11.6. The average molecular weight is 240 g/mol. The summed E-state index contributed by atoms with van der Waals surface area (Å²) in [6.45, 7) is 8.49. The zero-order valence-corrected chi connectivity index (χ0v) is 11.0. The van der Waals surface area contributed by atoms with Gasteiger partial charge in [0.1, 0.15) is 5.75 Å². The molecular formula is C17H20O. The van der Waals surface area contributed by atoms with Crippen molar-refractivity contribution in [3.05, 3.63) is 42.5 Å². The molecule has 1 aromatic carbocycles. The Balaban J connectivity index is 2.00. The zero-order chi connectivity index (χ0) is 12.7. The molecule has 2 aliphatic carbocycles. The van der Waals surface area contributed by atoms with Crippen LogP contribution in [-0.2, 0) is 0 Å². The third-order valence-corrected chi connectivity index (χ3v) is 4.05. The number of hydrogen-bond acceptors (Lipinski definition) is 1. The van der Waals surface area contributed by atoms with Crippen molar-refractivity contribution < 1.29 is 4.74 Å². The molecule has 1 aromatic rings. The van der Waals surface area contributed by atoms with Crippen LogP contribution in [0.1, 0.15) is 36.8 Å². The average Bonchev–Trinajstić information content (AvgIpc) is 3.27. The van der Waals surface area contributed by atoms with Gasteiger partial charge in [-0.25, -0.2) is 0 Å². The summed E-state index contributed by atoms with van der Waals surface area (Å²) in [5, 5.41) is 0. The van der Waals surface area contributed by atoms with Crippen LogP contribution in [0.2, 0.25) is 0 Å². The Kier molecular flexibility index (Phi) is 2.77. The lowest BCUT2D eigenvalue weighted by Crippen LogP contribution is -1.98. The maximum atomic E-state index is 5.65. The van der Waals surface area contributed by atoms with E-state index < -0.39 is 0 Å². The van der Waals surface area contributed by atoms with Crippen LogP contribution in [0, 0.1) is 11.8 Å². The fourth-order valence-electron chi connectivity index (χ4n) is 2.57. The van der Waals surface area contributed by atoms with Crippen molar-refractivity contribution in [2.75, 3.05) is 7.11 Å². The second-order valence-electron chi connectivity index (χ2n) is 5.49. The van der Waals surface area contributed by atoms with Crippen LogP contribution >= 0.6 is 0 Å². The van der Waals surface area contributed by atoms with E-state index in [1.807, 2.05) is 0 Å². The minimum absolute atomic E-state index is 0.670. The lowest BCUT2D eigenvalue weighted by molar-refractivity contribution is 0.412. The van der Waals surface area contributed by atoms with Gasteiger partial charge in [0.2, 0.25) is 0 Å². The van der Waals surface area contributed by atoms with Crippen LogP contribution < -0.4 is 4.74 Å². The Hall–Kier alpha value is -1.50. The summed E-state index contributed by atoms with van der Waals surface area (Å²) >= 11 is 0. The van der Waals surface area contributed by atoms with Gasteiger partial charge < -0.3 is 4.74 Å². The molecular weight excluding hydrogens is 220 g/mol. The van der Waals surface area contributed by atoms with Gasteiger partial charge in [0.15, 0.2) is 0 Å². The SMILES string of the molecule is C=C(c1cccc(C(=C)C2CC2)c1OC)C1CC1. The number of benzene rings is 1. The van der Waals surface area contributed by atoms with E-state index in [4.69, 9.17) is 4.74 Å². The quantitative estimate of drug-likeness (QED) is 0.734. The molecule has 1 nitrogen and oxygen atoms in total. The standard InChI is InChI=1S/C17H20O/c1-11(13-7-8-13)15-5-4-6-16(17(15)18-3)12(2)14-9-10-14/h4-6,13-14H,1-2,7-10H2,3H3. The molecule has 2 fully saturated rings. The maximum absolute atomic E-state index is 5.65. The maximum Gasteiger partial charge on any atom is 0.133 e. The van der Waals surface area contributed by atoms with Crippen molar-refractivity contribution in [3.8, 4) is 5.75 Å². The molecule has 0 amide bonds. The fraction of sp³-hybridized carbons (Fsp3) is 0.412. The summed E-state index contributed by atoms with van der Waals surface area (Å²) in [7, 11) is 1.75. The Bertz CT molecular complexity index is 462. The summed E-state index contributed by atoms with van der Waals surface area (Å²) in [4.78, 5) is 0. The first-order chi connectivity index (χ1) is 8.72. The molecule has 3 rings (SSSR count). The number of para-hydroxylation sites is 1. The second kappa shape index (κ2) is 4.31. The van der Waals surface area contributed by atoms with Gasteiger partial charge in [-0.1, -0.05) is 31.4 Å². The molecule has 0 aromatic heterocycles. The molecule has 0 spiro atoms. The van der Waals surface area contributed by atoms with Crippen molar-refractivity contribution in [3.63, 3.8) is 0 Å². The lowest BCUT2D eigenvalue weighted by Gasteiger charge is -2.16. The Morgan fingerprint density at radius 1 is 1.00 bits per heavy atom. The summed E-state index contributed by atoms with van der Waals surface area (Å²) in [6.07, 6.45) is 5.09.